The first kappa shape index (κ1) is 18.6. The standard InChI is InChI=1S/C16H25NO4S/c1-3-5-6-7-8-13-9-11-14(12-10-13)22(20,21)17-15(4-2)16(18)19/h9-12,15,17H,3-8H2,1-2H3,(H,18,19). The first-order valence-electron chi connectivity index (χ1n) is 7.74. The van der Waals surface area contributed by atoms with Crippen LogP contribution in [0.2, 0.25) is 0 Å². The molecule has 1 atom stereocenters. The minimum absolute atomic E-state index is 0.101. The molecule has 0 bridgehead atoms. The molecule has 0 heterocycles. The van der Waals surface area contributed by atoms with Crippen molar-refractivity contribution >= 4 is 16.0 Å². The van der Waals surface area contributed by atoms with Crippen molar-refractivity contribution in [3.05, 3.63) is 29.8 Å². The molecule has 1 rings (SSSR count). The molecule has 0 aliphatic carbocycles. The molecule has 0 aliphatic heterocycles. The molecule has 0 radical (unpaired) electrons. The van der Waals surface area contributed by atoms with Crippen LogP contribution in [0.1, 0.15) is 51.5 Å². The van der Waals surface area contributed by atoms with Crippen LogP contribution in [0.15, 0.2) is 29.2 Å². The highest BCUT2D eigenvalue weighted by atomic mass is 32.2. The number of benzene rings is 1. The number of sulfonamides is 1. The molecule has 1 aromatic carbocycles. The quantitative estimate of drug-likeness (QED) is 0.647. The van der Waals surface area contributed by atoms with Crippen LogP contribution < -0.4 is 4.72 Å². The van der Waals surface area contributed by atoms with Crippen molar-refractivity contribution in [2.24, 2.45) is 0 Å². The van der Waals surface area contributed by atoms with Gasteiger partial charge in [-0.25, -0.2) is 8.42 Å². The number of carbonyl (C=O) groups is 1. The van der Waals surface area contributed by atoms with Gasteiger partial charge in [0.15, 0.2) is 0 Å². The molecule has 2 N–H and O–H groups in total. The highest BCUT2D eigenvalue weighted by Gasteiger charge is 2.23. The van der Waals surface area contributed by atoms with Gasteiger partial charge >= 0.3 is 5.97 Å². The van der Waals surface area contributed by atoms with E-state index in [1.54, 1.807) is 19.1 Å². The van der Waals surface area contributed by atoms with E-state index in [-0.39, 0.29) is 11.3 Å². The lowest BCUT2D eigenvalue weighted by atomic mass is 10.1. The van der Waals surface area contributed by atoms with E-state index in [1.807, 2.05) is 0 Å². The number of nitrogens with one attached hydrogen (secondary N) is 1. The van der Waals surface area contributed by atoms with Gasteiger partial charge in [0.25, 0.3) is 0 Å². The summed E-state index contributed by atoms with van der Waals surface area (Å²) in [5.41, 5.74) is 1.10. The molecule has 0 fully saturated rings. The van der Waals surface area contributed by atoms with E-state index < -0.39 is 22.0 Å². The molecular weight excluding hydrogens is 302 g/mol. The lowest BCUT2D eigenvalue weighted by molar-refractivity contribution is -0.139. The first-order valence-corrected chi connectivity index (χ1v) is 9.23. The summed E-state index contributed by atoms with van der Waals surface area (Å²) in [6.07, 6.45) is 5.80. The Kier molecular flexibility index (Phi) is 7.55. The van der Waals surface area contributed by atoms with Gasteiger partial charge in [-0.1, -0.05) is 45.2 Å². The largest absolute Gasteiger partial charge is 0.480 e. The predicted molar refractivity (Wildman–Crippen MR) is 86.3 cm³/mol. The minimum Gasteiger partial charge on any atom is -0.480 e. The molecule has 6 heteroatoms. The molecule has 0 amide bonds. The highest BCUT2D eigenvalue weighted by Crippen LogP contribution is 2.14. The fourth-order valence-corrected chi connectivity index (χ4v) is 3.43. The molecular formula is C16H25NO4S. The molecule has 1 unspecified atom stereocenters. The maximum atomic E-state index is 12.1. The number of unbranched alkanes of at least 4 members (excludes halogenated alkanes) is 3. The summed E-state index contributed by atoms with van der Waals surface area (Å²) >= 11 is 0. The first-order chi connectivity index (χ1) is 10.4. The monoisotopic (exact) mass is 327 g/mol. The van der Waals surface area contributed by atoms with Gasteiger partial charge in [-0.05, 0) is 37.0 Å². The molecule has 1 aromatic rings. The fourth-order valence-electron chi connectivity index (χ4n) is 2.15. The third-order valence-corrected chi connectivity index (χ3v) is 5.04. The second kappa shape index (κ2) is 8.90. The second-order valence-electron chi connectivity index (χ2n) is 5.37. The zero-order valence-corrected chi connectivity index (χ0v) is 14.0. The summed E-state index contributed by atoms with van der Waals surface area (Å²) in [6, 6.07) is 5.56. The normalized spacial score (nSPS) is 13.0. The van der Waals surface area contributed by atoms with Gasteiger partial charge in [0.05, 0.1) is 4.90 Å². The van der Waals surface area contributed by atoms with E-state index >= 15 is 0 Å². The predicted octanol–water partition coefficient (Wildman–Crippen LogP) is 2.95. The van der Waals surface area contributed by atoms with Crippen LogP contribution in [0, 0.1) is 0 Å². The van der Waals surface area contributed by atoms with Crippen molar-refractivity contribution in [2.45, 2.75) is 63.3 Å². The van der Waals surface area contributed by atoms with Gasteiger partial charge in [0, 0.05) is 0 Å². The molecule has 0 saturated carbocycles. The Balaban J connectivity index is 2.70. The van der Waals surface area contributed by atoms with Gasteiger partial charge in [-0.2, -0.15) is 4.72 Å². The van der Waals surface area contributed by atoms with E-state index in [9.17, 15) is 13.2 Å². The number of hydrogen-bond acceptors (Lipinski definition) is 3. The van der Waals surface area contributed by atoms with E-state index in [0.29, 0.717) is 0 Å². The smallest absolute Gasteiger partial charge is 0.321 e. The molecule has 124 valence electrons. The Morgan fingerprint density at radius 3 is 2.27 bits per heavy atom. The average Bonchev–Trinajstić information content (AvgIpc) is 2.49. The van der Waals surface area contributed by atoms with Crippen LogP contribution in [-0.2, 0) is 21.2 Å². The molecule has 0 aromatic heterocycles. The van der Waals surface area contributed by atoms with Crippen molar-refractivity contribution in [1.82, 2.24) is 4.72 Å². The maximum absolute atomic E-state index is 12.1. The summed E-state index contributed by atoms with van der Waals surface area (Å²) in [5, 5.41) is 8.94. The Labute approximate surface area is 132 Å². The molecule has 0 saturated heterocycles. The number of carboxylic acid groups (broad SMARTS) is 1. The second-order valence-corrected chi connectivity index (χ2v) is 7.09. The van der Waals surface area contributed by atoms with Crippen molar-refractivity contribution in [3.63, 3.8) is 0 Å². The Bertz CT molecular complexity index is 566. The Hall–Kier alpha value is -1.40. The summed E-state index contributed by atoms with van der Waals surface area (Å²) in [4.78, 5) is 11.0. The van der Waals surface area contributed by atoms with E-state index in [4.69, 9.17) is 5.11 Å². The van der Waals surface area contributed by atoms with Crippen LogP contribution in [0.3, 0.4) is 0 Å². The zero-order valence-electron chi connectivity index (χ0n) is 13.2. The maximum Gasteiger partial charge on any atom is 0.321 e. The number of rotatable bonds is 10. The van der Waals surface area contributed by atoms with Crippen LogP contribution >= 0.6 is 0 Å². The van der Waals surface area contributed by atoms with Gasteiger partial charge in [0.2, 0.25) is 10.0 Å². The van der Waals surface area contributed by atoms with Gasteiger partial charge in [-0.3, -0.25) is 4.79 Å². The molecule has 22 heavy (non-hydrogen) atoms. The fraction of sp³-hybridized carbons (Fsp3) is 0.562. The van der Waals surface area contributed by atoms with Crippen LogP contribution in [0.4, 0.5) is 0 Å². The summed E-state index contributed by atoms with van der Waals surface area (Å²) in [6.45, 7) is 3.79. The van der Waals surface area contributed by atoms with Crippen molar-refractivity contribution < 1.29 is 18.3 Å². The van der Waals surface area contributed by atoms with Gasteiger partial charge in [0.1, 0.15) is 6.04 Å². The van der Waals surface area contributed by atoms with E-state index in [0.717, 1.165) is 18.4 Å². The molecule has 0 aliphatic rings. The number of carboxylic acids is 1. The molecule has 5 nitrogen and oxygen atoms in total. The van der Waals surface area contributed by atoms with Crippen molar-refractivity contribution in [1.29, 1.82) is 0 Å². The summed E-state index contributed by atoms with van der Waals surface area (Å²) in [5.74, 6) is -1.17. The summed E-state index contributed by atoms with van der Waals surface area (Å²) in [7, 11) is -3.79. The number of aryl methyl sites for hydroxylation is 1. The number of hydrogen-bond donors (Lipinski definition) is 2. The van der Waals surface area contributed by atoms with Gasteiger partial charge < -0.3 is 5.11 Å². The highest BCUT2D eigenvalue weighted by molar-refractivity contribution is 7.89. The van der Waals surface area contributed by atoms with Gasteiger partial charge in [-0.15, -0.1) is 0 Å². The molecule has 0 spiro atoms. The topological polar surface area (TPSA) is 83.5 Å². The summed E-state index contributed by atoms with van der Waals surface area (Å²) < 4.78 is 26.5. The lowest BCUT2D eigenvalue weighted by Gasteiger charge is -2.13. The van der Waals surface area contributed by atoms with E-state index in [2.05, 4.69) is 11.6 Å². The van der Waals surface area contributed by atoms with Crippen molar-refractivity contribution in [2.75, 3.05) is 0 Å². The van der Waals surface area contributed by atoms with Crippen LogP contribution in [-0.4, -0.2) is 25.5 Å². The Morgan fingerprint density at radius 2 is 1.77 bits per heavy atom. The average molecular weight is 327 g/mol. The zero-order chi connectivity index (χ0) is 16.6. The third-order valence-electron chi connectivity index (χ3n) is 3.56. The Morgan fingerprint density at radius 1 is 1.14 bits per heavy atom. The SMILES string of the molecule is CCCCCCc1ccc(S(=O)(=O)NC(CC)C(=O)O)cc1. The van der Waals surface area contributed by atoms with Crippen molar-refractivity contribution in [3.8, 4) is 0 Å². The third kappa shape index (κ3) is 5.77. The van der Waals surface area contributed by atoms with E-state index in [1.165, 1.54) is 31.4 Å². The van der Waals surface area contributed by atoms with Crippen LogP contribution in [0.5, 0.6) is 0 Å². The minimum atomic E-state index is -3.79. The lowest BCUT2D eigenvalue weighted by Crippen LogP contribution is -2.40. The van der Waals surface area contributed by atoms with Crippen LogP contribution in [0.25, 0.3) is 0 Å². The number of aliphatic carboxylic acids is 1.